The average Bonchev–Trinajstić information content (AvgIpc) is 2.48. The van der Waals surface area contributed by atoms with Crippen molar-refractivity contribution in [2.24, 2.45) is 0 Å². The van der Waals surface area contributed by atoms with Crippen molar-refractivity contribution in [2.75, 3.05) is 18.4 Å². The number of rotatable bonds is 7. The Morgan fingerprint density at radius 2 is 1.90 bits per heavy atom. The first-order chi connectivity index (χ1) is 10.2. The van der Waals surface area contributed by atoms with E-state index in [4.69, 9.17) is 0 Å². The maximum Gasteiger partial charge on any atom is 0.222 e. The molecule has 1 aliphatic rings. The molecule has 0 bridgehead atoms. The maximum atomic E-state index is 11.8. The van der Waals surface area contributed by atoms with Crippen LogP contribution in [0.3, 0.4) is 0 Å². The van der Waals surface area contributed by atoms with E-state index < -0.39 is 5.60 Å². The summed E-state index contributed by atoms with van der Waals surface area (Å²) in [5, 5.41) is 16.2. The van der Waals surface area contributed by atoms with Gasteiger partial charge in [-0.1, -0.05) is 19.3 Å². The van der Waals surface area contributed by atoms with Crippen LogP contribution in [-0.4, -0.2) is 39.7 Å². The van der Waals surface area contributed by atoms with E-state index in [0.717, 1.165) is 38.5 Å². The van der Waals surface area contributed by atoms with Crippen LogP contribution in [-0.2, 0) is 4.79 Å². The predicted molar refractivity (Wildman–Crippen MR) is 80.8 cm³/mol. The van der Waals surface area contributed by atoms with Gasteiger partial charge in [0.2, 0.25) is 11.9 Å². The van der Waals surface area contributed by atoms with E-state index in [2.05, 4.69) is 20.6 Å². The Morgan fingerprint density at radius 3 is 2.62 bits per heavy atom. The fraction of sp³-hybridized carbons (Fsp3) is 0.667. The van der Waals surface area contributed by atoms with Crippen LogP contribution in [0.2, 0.25) is 0 Å². The van der Waals surface area contributed by atoms with Gasteiger partial charge >= 0.3 is 0 Å². The molecule has 6 nitrogen and oxygen atoms in total. The third kappa shape index (κ3) is 5.67. The molecule has 3 N–H and O–H groups in total. The molecule has 1 amide bonds. The molecule has 21 heavy (non-hydrogen) atoms. The number of aromatic nitrogens is 2. The molecule has 1 heterocycles. The minimum absolute atomic E-state index is 0.0599. The standard InChI is InChI=1S/C15H24N4O2/c20-13(12-15(21)6-2-1-3-7-15)16-8-4-9-17-14-18-10-5-11-19-14/h5,10-11,21H,1-4,6-9,12H2,(H,16,20)(H,17,18,19). The van der Waals surface area contributed by atoms with Gasteiger partial charge in [-0.05, 0) is 25.3 Å². The number of nitrogens with one attached hydrogen (secondary N) is 2. The zero-order valence-electron chi connectivity index (χ0n) is 12.3. The first kappa shape index (κ1) is 15.7. The second-order valence-corrected chi connectivity index (χ2v) is 5.66. The number of anilines is 1. The molecule has 0 saturated heterocycles. The van der Waals surface area contributed by atoms with Crippen LogP contribution in [0.15, 0.2) is 18.5 Å². The van der Waals surface area contributed by atoms with Crippen LogP contribution in [0.25, 0.3) is 0 Å². The van der Waals surface area contributed by atoms with Crippen molar-refractivity contribution in [1.29, 1.82) is 0 Å². The number of nitrogens with zero attached hydrogens (tertiary/aromatic N) is 2. The second-order valence-electron chi connectivity index (χ2n) is 5.66. The lowest BCUT2D eigenvalue weighted by Gasteiger charge is -2.31. The molecule has 1 saturated carbocycles. The van der Waals surface area contributed by atoms with Crippen LogP contribution in [0.5, 0.6) is 0 Å². The Bertz CT molecular complexity index is 433. The zero-order chi connectivity index (χ0) is 15.0. The van der Waals surface area contributed by atoms with Crippen LogP contribution in [0, 0.1) is 0 Å². The molecule has 1 aromatic rings. The number of aliphatic hydroxyl groups is 1. The summed E-state index contributed by atoms with van der Waals surface area (Å²) >= 11 is 0. The molecule has 1 aliphatic carbocycles. The predicted octanol–water partition coefficient (Wildman–Crippen LogP) is 1.48. The number of carbonyl (C=O) groups excluding carboxylic acids is 1. The van der Waals surface area contributed by atoms with E-state index >= 15 is 0 Å². The second kappa shape index (κ2) is 7.93. The lowest BCUT2D eigenvalue weighted by molar-refractivity contribution is -0.127. The van der Waals surface area contributed by atoms with E-state index in [1.165, 1.54) is 0 Å². The summed E-state index contributed by atoms with van der Waals surface area (Å²) in [5.41, 5.74) is -0.779. The fourth-order valence-corrected chi connectivity index (χ4v) is 2.65. The van der Waals surface area contributed by atoms with Gasteiger partial charge in [0.15, 0.2) is 0 Å². The molecule has 1 fully saturated rings. The highest BCUT2D eigenvalue weighted by molar-refractivity contribution is 5.77. The summed E-state index contributed by atoms with van der Waals surface area (Å²) in [6, 6.07) is 1.77. The van der Waals surface area contributed by atoms with Gasteiger partial charge in [0.05, 0.1) is 12.0 Å². The van der Waals surface area contributed by atoms with Gasteiger partial charge in [0.25, 0.3) is 0 Å². The Kier molecular flexibility index (Phi) is 5.92. The lowest BCUT2D eigenvalue weighted by atomic mass is 9.82. The quantitative estimate of drug-likeness (QED) is 0.663. The van der Waals surface area contributed by atoms with Crippen LogP contribution in [0.4, 0.5) is 5.95 Å². The van der Waals surface area contributed by atoms with Crippen molar-refractivity contribution in [3.8, 4) is 0 Å². The molecule has 0 radical (unpaired) electrons. The third-order valence-electron chi connectivity index (χ3n) is 3.80. The highest BCUT2D eigenvalue weighted by Crippen LogP contribution is 2.30. The lowest BCUT2D eigenvalue weighted by Crippen LogP contribution is -2.38. The highest BCUT2D eigenvalue weighted by atomic mass is 16.3. The van der Waals surface area contributed by atoms with E-state index in [-0.39, 0.29) is 12.3 Å². The van der Waals surface area contributed by atoms with Crippen molar-refractivity contribution in [3.05, 3.63) is 18.5 Å². The number of amides is 1. The van der Waals surface area contributed by atoms with Crippen molar-refractivity contribution < 1.29 is 9.90 Å². The maximum absolute atomic E-state index is 11.8. The Labute approximate surface area is 125 Å². The summed E-state index contributed by atoms with van der Waals surface area (Å²) in [6.45, 7) is 1.29. The zero-order valence-corrected chi connectivity index (χ0v) is 12.3. The van der Waals surface area contributed by atoms with E-state index in [9.17, 15) is 9.90 Å². The molecule has 1 aromatic heterocycles. The molecule has 0 aromatic carbocycles. The SMILES string of the molecule is O=C(CC1(O)CCCCC1)NCCCNc1ncccn1. The van der Waals surface area contributed by atoms with Gasteiger partial charge < -0.3 is 15.7 Å². The van der Waals surface area contributed by atoms with E-state index in [1.54, 1.807) is 18.5 Å². The summed E-state index contributed by atoms with van der Waals surface area (Å²) < 4.78 is 0. The van der Waals surface area contributed by atoms with E-state index in [1.807, 2.05) is 0 Å². The normalized spacial score (nSPS) is 17.2. The van der Waals surface area contributed by atoms with Crippen LogP contribution < -0.4 is 10.6 Å². The number of hydrogen-bond donors (Lipinski definition) is 3. The highest BCUT2D eigenvalue weighted by Gasteiger charge is 2.31. The topological polar surface area (TPSA) is 87.1 Å². The summed E-state index contributed by atoms with van der Waals surface area (Å²) in [5.74, 6) is 0.538. The third-order valence-corrected chi connectivity index (χ3v) is 3.80. The van der Waals surface area contributed by atoms with Crippen molar-refractivity contribution in [1.82, 2.24) is 15.3 Å². The Hall–Kier alpha value is -1.69. The smallest absolute Gasteiger partial charge is 0.222 e. The molecule has 2 rings (SSSR count). The van der Waals surface area contributed by atoms with Gasteiger partial charge in [0.1, 0.15) is 0 Å². The van der Waals surface area contributed by atoms with Crippen LogP contribution in [0.1, 0.15) is 44.9 Å². The summed E-state index contributed by atoms with van der Waals surface area (Å²) in [4.78, 5) is 19.9. The molecule has 0 atom stereocenters. The molecule has 116 valence electrons. The Morgan fingerprint density at radius 1 is 1.19 bits per heavy atom. The average molecular weight is 292 g/mol. The summed E-state index contributed by atoms with van der Waals surface area (Å²) in [6.07, 6.45) is 9.07. The van der Waals surface area contributed by atoms with Gasteiger partial charge in [-0.2, -0.15) is 0 Å². The molecule has 0 aliphatic heterocycles. The Balaban J connectivity index is 1.57. The molecular formula is C15H24N4O2. The largest absolute Gasteiger partial charge is 0.389 e. The first-order valence-electron chi connectivity index (χ1n) is 7.68. The molecular weight excluding hydrogens is 268 g/mol. The number of hydrogen-bond acceptors (Lipinski definition) is 5. The molecule has 0 spiro atoms. The van der Waals surface area contributed by atoms with Crippen molar-refractivity contribution in [3.63, 3.8) is 0 Å². The minimum Gasteiger partial charge on any atom is -0.389 e. The van der Waals surface area contributed by atoms with Gasteiger partial charge in [-0.15, -0.1) is 0 Å². The van der Waals surface area contributed by atoms with Gasteiger partial charge in [0, 0.05) is 25.5 Å². The van der Waals surface area contributed by atoms with Gasteiger partial charge in [-0.25, -0.2) is 9.97 Å². The molecule has 0 unspecified atom stereocenters. The summed E-state index contributed by atoms with van der Waals surface area (Å²) in [7, 11) is 0. The minimum atomic E-state index is -0.779. The van der Waals surface area contributed by atoms with Crippen molar-refractivity contribution in [2.45, 2.75) is 50.5 Å². The molecule has 6 heteroatoms. The van der Waals surface area contributed by atoms with Crippen LogP contribution >= 0.6 is 0 Å². The van der Waals surface area contributed by atoms with Crippen molar-refractivity contribution >= 4 is 11.9 Å². The van der Waals surface area contributed by atoms with E-state index in [0.29, 0.717) is 19.0 Å². The fourth-order valence-electron chi connectivity index (χ4n) is 2.65. The first-order valence-corrected chi connectivity index (χ1v) is 7.68. The number of carbonyl (C=O) groups is 1. The van der Waals surface area contributed by atoms with Gasteiger partial charge in [-0.3, -0.25) is 4.79 Å². The monoisotopic (exact) mass is 292 g/mol.